The van der Waals surface area contributed by atoms with Crippen molar-refractivity contribution >= 4 is 33.2 Å². The van der Waals surface area contributed by atoms with Gasteiger partial charge >= 0.3 is 0 Å². The van der Waals surface area contributed by atoms with Crippen LogP contribution in [0.15, 0.2) is 47.0 Å². The summed E-state index contributed by atoms with van der Waals surface area (Å²) < 4.78 is 31.3. The minimum absolute atomic E-state index is 0.152. The first kappa shape index (κ1) is 24.7. The van der Waals surface area contributed by atoms with Crippen LogP contribution in [0.3, 0.4) is 0 Å². The maximum absolute atomic E-state index is 12.6. The Balaban J connectivity index is 1.58. The Morgan fingerprint density at radius 3 is 2.48 bits per heavy atom. The highest BCUT2D eigenvalue weighted by atomic mass is 35.5. The Bertz CT molecular complexity index is 1230. The molecule has 0 saturated carbocycles. The number of rotatable bonds is 9. The lowest BCUT2D eigenvalue weighted by atomic mass is 10.1. The van der Waals surface area contributed by atoms with E-state index >= 15 is 0 Å². The molecular formula is C23H27ClN4O4S. The van der Waals surface area contributed by atoms with E-state index in [4.69, 9.17) is 16.1 Å². The summed E-state index contributed by atoms with van der Waals surface area (Å²) in [6, 6.07) is 12.9. The second-order valence-electron chi connectivity index (χ2n) is 7.95. The molecule has 0 atom stereocenters. The van der Waals surface area contributed by atoms with Gasteiger partial charge in [0.2, 0.25) is 27.6 Å². The summed E-state index contributed by atoms with van der Waals surface area (Å²) in [6.07, 6.45) is 1.66. The third-order valence-corrected chi connectivity index (χ3v) is 6.83. The average Bonchev–Trinajstić information content (AvgIpc) is 3.21. The molecule has 0 aliphatic carbocycles. The van der Waals surface area contributed by atoms with Gasteiger partial charge in [0.05, 0.1) is 18.5 Å². The predicted molar refractivity (Wildman–Crippen MR) is 129 cm³/mol. The molecule has 0 saturated heterocycles. The summed E-state index contributed by atoms with van der Waals surface area (Å²) in [5, 5.41) is 4.47. The summed E-state index contributed by atoms with van der Waals surface area (Å²) in [4.78, 5) is 18.4. The molecular weight excluding hydrogens is 464 g/mol. The number of amides is 1. The third-order valence-electron chi connectivity index (χ3n) is 5.24. The monoisotopic (exact) mass is 490 g/mol. The van der Waals surface area contributed by atoms with Gasteiger partial charge in [0.25, 0.3) is 0 Å². The van der Waals surface area contributed by atoms with Crippen LogP contribution in [-0.2, 0) is 21.4 Å². The summed E-state index contributed by atoms with van der Waals surface area (Å²) in [5.74, 6) is 0.640. The summed E-state index contributed by atoms with van der Waals surface area (Å²) in [5.41, 5.74) is 3.16. The number of carbonyl (C=O) groups is 1. The Morgan fingerprint density at radius 1 is 1.12 bits per heavy atom. The molecule has 1 heterocycles. The van der Waals surface area contributed by atoms with Gasteiger partial charge in [-0.15, -0.1) is 0 Å². The maximum Gasteiger partial charge on any atom is 0.246 e. The zero-order valence-electron chi connectivity index (χ0n) is 19.1. The molecule has 0 unspecified atom stereocenters. The van der Waals surface area contributed by atoms with Crippen LogP contribution < -0.4 is 4.31 Å². The Kier molecular flexibility index (Phi) is 7.76. The van der Waals surface area contributed by atoms with Gasteiger partial charge < -0.3 is 9.42 Å². The number of anilines is 1. The molecule has 0 fully saturated rings. The highest BCUT2D eigenvalue weighted by molar-refractivity contribution is 7.92. The second-order valence-corrected chi connectivity index (χ2v) is 10.3. The minimum atomic E-state index is -3.53. The number of carbonyl (C=O) groups excluding carboxylic acids is 1. The third kappa shape index (κ3) is 6.33. The van der Waals surface area contributed by atoms with Gasteiger partial charge in [0.1, 0.15) is 0 Å². The van der Waals surface area contributed by atoms with E-state index in [0.29, 0.717) is 34.4 Å². The number of aromatic nitrogens is 2. The van der Waals surface area contributed by atoms with Crippen molar-refractivity contribution in [3.05, 3.63) is 64.5 Å². The van der Waals surface area contributed by atoms with Crippen molar-refractivity contribution in [1.82, 2.24) is 15.0 Å². The van der Waals surface area contributed by atoms with E-state index < -0.39 is 10.0 Å². The summed E-state index contributed by atoms with van der Waals surface area (Å²) in [6.45, 7) is 4.10. The second kappa shape index (κ2) is 10.4. The molecule has 3 aromatic rings. The number of nitrogens with zero attached hydrogens (tertiary/aromatic N) is 4. The van der Waals surface area contributed by atoms with Crippen molar-refractivity contribution in [1.29, 1.82) is 0 Å². The molecule has 1 amide bonds. The molecule has 176 valence electrons. The molecule has 0 bridgehead atoms. The van der Waals surface area contributed by atoms with E-state index in [1.165, 1.54) is 9.21 Å². The van der Waals surface area contributed by atoms with Gasteiger partial charge in [-0.1, -0.05) is 52.7 Å². The van der Waals surface area contributed by atoms with Crippen LogP contribution in [-0.4, -0.2) is 49.2 Å². The zero-order chi connectivity index (χ0) is 24.2. The highest BCUT2D eigenvalue weighted by Gasteiger charge is 2.21. The Hall–Kier alpha value is -2.91. The van der Waals surface area contributed by atoms with Crippen molar-refractivity contribution in [3.8, 4) is 11.4 Å². The number of aryl methyl sites for hydroxylation is 1. The van der Waals surface area contributed by atoms with Crippen molar-refractivity contribution in [2.45, 2.75) is 33.2 Å². The van der Waals surface area contributed by atoms with Crippen molar-refractivity contribution < 1.29 is 17.7 Å². The van der Waals surface area contributed by atoms with E-state index in [0.717, 1.165) is 17.4 Å². The summed E-state index contributed by atoms with van der Waals surface area (Å²) >= 11 is 6.16. The SMILES string of the molecule is Cc1ccc(-c2noc(CN(C)C(=O)CCCN(c3cccc(Cl)c3C)S(C)(=O)=O)n2)cc1. The molecule has 0 radical (unpaired) electrons. The first-order chi connectivity index (χ1) is 15.6. The number of halogens is 1. The molecule has 2 aromatic carbocycles. The number of benzene rings is 2. The van der Waals surface area contributed by atoms with Crippen molar-refractivity contribution in [2.75, 3.05) is 24.2 Å². The smallest absolute Gasteiger partial charge is 0.246 e. The normalized spacial score (nSPS) is 11.4. The lowest BCUT2D eigenvalue weighted by Crippen LogP contribution is -2.33. The number of sulfonamides is 1. The molecule has 1 aromatic heterocycles. The molecule has 33 heavy (non-hydrogen) atoms. The molecule has 0 spiro atoms. The van der Waals surface area contributed by atoms with Gasteiger partial charge in [0, 0.05) is 30.6 Å². The van der Waals surface area contributed by atoms with E-state index in [1.807, 2.05) is 31.2 Å². The Morgan fingerprint density at radius 2 is 1.82 bits per heavy atom. The first-order valence-electron chi connectivity index (χ1n) is 10.4. The zero-order valence-corrected chi connectivity index (χ0v) is 20.7. The van der Waals surface area contributed by atoms with Crippen LogP contribution >= 0.6 is 11.6 Å². The van der Waals surface area contributed by atoms with Crippen LogP contribution in [0.5, 0.6) is 0 Å². The average molecular weight is 491 g/mol. The van der Waals surface area contributed by atoms with Crippen molar-refractivity contribution in [2.24, 2.45) is 0 Å². The largest absolute Gasteiger partial charge is 0.337 e. The molecule has 0 aliphatic rings. The minimum Gasteiger partial charge on any atom is -0.337 e. The molecule has 8 nitrogen and oxygen atoms in total. The highest BCUT2D eigenvalue weighted by Crippen LogP contribution is 2.28. The molecule has 0 aliphatic heterocycles. The van der Waals surface area contributed by atoms with Crippen LogP contribution in [0.1, 0.15) is 29.9 Å². The van der Waals surface area contributed by atoms with E-state index in [1.54, 1.807) is 32.2 Å². The lowest BCUT2D eigenvalue weighted by Gasteiger charge is -2.25. The van der Waals surface area contributed by atoms with Gasteiger partial charge in [-0.05, 0) is 38.0 Å². The van der Waals surface area contributed by atoms with Gasteiger partial charge in [-0.2, -0.15) is 4.98 Å². The Labute approximate surface area is 199 Å². The molecule has 0 N–H and O–H groups in total. The molecule has 10 heteroatoms. The fraction of sp³-hybridized carbons (Fsp3) is 0.348. The fourth-order valence-corrected chi connectivity index (χ4v) is 4.51. The topological polar surface area (TPSA) is 96.6 Å². The van der Waals surface area contributed by atoms with Gasteiger partial charge in [0.15, 0.2) is 0 Å². The quantitative estimate of drug-likeness (QED) is 0.445. The van der Waals surface area contributed by atoms with Crippen molar-refractivity contribution in [3.63, 3.8) is 0 Å². The van der Waals surface area contributed by atoms with Crippen LogP contribution in [0, 0.1) is 13.8 Å². The van der Waals surface area contributed by atoms with Gasteiger partial charge in [-0.25, -0.2) is 8.42 Å². The van der Waals surface area contributed by atoms with E-state index in [9.17, 15) is 13.2 Å². The van der Waals surface area contributed by atoms with Crippen LogP contribution in [0.2, 0.25) is 5.02 Å². The lowest BCUT2D eigenvalue weighted by molar-refractivity contribution is -0.130. The predicted octanol–water partition coefficient (Wildman–Crippen LogP) is 4.21. The fourth-order valence-electron chi connectivity index (χ4n) is 3.33. The van der Waals surface area contributed by atoms with Gasteiger partial charge in [-0.3, -0.25) is 9.10 Å². The van der Waals surface area contributed by atoms with E-state index in [2.05, 4.69) is 10.1 Å². The number of hydrogen-bond donors (Lipinski definition) is 0. The van der Waals surface area contributed by atoms with Crippen LogP contribution in [0.25, 0.3) is 11.4 Å². The van der Waals surface area contributed by atoms with Crippen LogP contribution in [0.4, 0.5) is 5.69 Å². The van der Waals surface area contributed by atoms with E-state index in [-0.39, 0.29) is 25.4 Å². The maximum atomic E-state index is 12.6. The molecule has 3 rings (SSSR count). The number of hydrogen-bond acceptors (Lipinski definition) is 6. The standard InChI is InChI=1S/C23H27ClN4O4S/c1-16-10-12-18(13-11-16)23-25-21(32-26-23)15-27(3)22(29)9-6-14-28(33(4,30)31)20-8-5-7-19(24)17(20)2/h5,7-8,10-13H,6,9,14-15H2,1-4H3. The first-order valence-corrected chi connectivity index (χ1v) is 12.7. The summed E-state index contributed by atoms with van der Waals surface area (Å²) in [7, 11) is -1.89.